The number of nitrogens with zero attached hydrogens (tertiary/aromatic N) is 3. The second-order valence-electron chi connectivity index (χ2n) is 6.34. The SMILES string of the molecule is COc1ccccc1-n1c(SCC(=O)NCc2ccccc2)nnc1-c1ccco1. The highest BCUT2D eigenvalue weighted by Gasteiger charge is 2.21. The van der Waals surface area contributed by atoms with E-state index in [9.17, 15) is 4.79 Å². The predicted molar refractivity (Wildman–Crippen MR) is 115 cm³/mol. The monoisotopic (exact) mass is 420 g/mol. The molecule has 0 radical (unpaired) electrons. The van der Waals surface area contributed by atoms with Gasteiger partial charge in [-0.2, -0.15) is 0 Å². The Morgan fingerprint density at radius 1 is 1.07 bits per heavy atom. The number of carbonyl (C=O) groups is 1. The van der Waals surface area contributed by atoms with Crippen molar-refractivity contribution in [2.75, 3.05) is 12.9 Å². The van der Waals surface area contributed by atoms with Crippen LogP contribution in [0.15, 0.2) is 82.6 Å². The normalized spacial score (nSPS) is 10.7. The summed E-state index contributed by atoms with van der Waals surface area (Å²) in [5.41, 5.74) is 1.82. The van der Waals surface area contributed by atoms with Gasteiger partial charge in [0, 0.05) is 6.54 Å². The molecule has 0 fully saturated rings. The molecule has 0 unspecified atom stereocenters. The second kappa shape index (κ2) is 9.32. The lowest BCUT2D eigenvalue weighted by Gasteiger charge is -2.13. The Morgan fingerprint density at radius 3 is 2.63 bits per heavy atom. The van der Waals surface area contributed by atoms with Crippen molar-refractivity contribution in [1.29, 1.82) is 0 Å². The zero-order valence-electron chi connectivity index (χ0n) is 16.3. The first-order valence-electron chi connectivity index (χ1n) is 9.32. The van der Waals surface area contributed by atoms with Crippen LogP contribution < -0.4 is 10.1 Å². The van der Waals surface area contributed by atoms with Crippen LogP contribution in [0.3, 0.4) is 0 Å². The summed E-state index contributed by atoms with van der Waals surface area (Å²) < 4.78 is 12.9. The number of ether oxygens (including phenoxy) is 1. The van der Waals surface area contributed by atoms with Gasteiger partial charge in [0.25, 0.3) is 0 Å². The number of methoxy groups -OCH3 is 1. The van der Waals surface area contributed by atoms with E-state index >= 15 is 0 Å². The van der Waals surface area contributed by atoms with Crippen LogP contribution in [0.2, 0.25) is 0 Å². The molecule has 7 nitrogen and oxygen atoms in total. The van der Waals surface area contributed by atoms with Crippen LogP contribution >= 0.6 is 11.8 Å². The standard InChI is InChI=1S/C22H20N4O3S/c1-28-18-11-6-5-10-17(18)26-21(19-12-7-13-29-19)24-25-22(26)30-15-20(27)23-14-16-8-3-2-4-9-16/h2-13H,14-15H2,1H3,(H,23,27). The van der Waals surface area contributed by atoms with Crippen molar-refractivity contribution >= 4 is 17.7 Å². The summed E-state index contributed by atoms with van der Waals surface area (Å²) in [5, 5.41) is 12.1. The van der Waals surface area contributed by atoms with E-state index in [-0.39, 0.29) is 11.7 Å². The fourth-order valence-corrected chi connectivity index (χ4v) is 3.71. The molecule has 0 spiro atoms. The molecule has 152 valence electrons. The van der Waals surface area contributed by atoms with Crippen LogP contribution in [0.25, 0.3) is 17.3 Å². The second-order valence-corrected chi connectivity index (χ2v) is 7.28. The summed E-state index contributed by atoms with van der Waals surface area (Å²) in [7, 11) is 1.61. The maximum Gasteiger partial charge on any atom is 0.230 e. The number of hydrogen-bond acceptors (Lipinski definition) is 6. The highest BCUT2D eigenvalue weighted by Crippen LogP contribution is 2.32. The molecule has 2 aromatic heterocycles. The van der Waals surface area contributed by atoms with Gasteiger partial charge in [0.2, 0.25) is 11.7 Å². The lowest BCUT2D eigenvalue weighted by molar-refractivity contribution is -0.118. The maximum atomic E-state index is 12.4. The molecule has 8 heteroatoms. The predicted octanol–water partition coefficient (Wildman–Crippen LogP) is 3.94. The van der Waals surface area contributed by atoms with Crippen molar-refractivity contribution in [2.45, 2.75) is 11.7 Å². The van der Waals surface area contributed by atoms with Gasteiger partial charge in [0.1, 0.15) is 5.75 Å². The lowest BCUT2D eigenvalue weighted by Crippen LogP contribution is -2.24. The van der Waals surface area contributed by atoms with Crippen LogP contribution in [0.5, 0.6) is 5.75 Å². The Balaban J connectivity index is 1.55. The van der Waals surface area contributed by atoms with Gasteiger partial charge in [-0.3, -0.25) is 9.36 Å². The minimum absolute atomic E-state index is 0.0852. The molecule has 0 saturated carbocycles. The summed E-state index contributed by atoms with van der Waals surface area (Å²) >= 11 is 1.30. The molecule has 1 N–H and O–H groups in total. The number of benzene rings is 2. The Kier molecular flexibility index (Phi) is 6.14. The molecule has 1 amide bonds. The van der Waals surface area contributed by atoms with E-state index in [0.717, 1.165) is 11.3 Å². The minimum Gasteiger partial charge on any atom is -0.495 e. The number of hydrogen-bond donors (Lipinski definition) is 1. The van der Waals surface area contributed by atoms with Gasteiger partial charge in [-0.05, 0) is 29.8 Å². The summed E-state index contributed by atoms with van der Waals surface area (Å²) in [6.45, 7) is 0.483. The van der Waals surface area contributed by atoms with E-state index in [1.807, 2.05) is 65.2 Å². The average molecular weight is 420 g/mol. The van der Waals surface area contributed by atoms with Gasteiger partial charge in [0.15, 0.2) is 10.9 Å². The Labute approximate surface area is 178 Å². The van der Waals surface area contributed by atoms with Gasteiger partial charge in [-0.15, -0.1) is 10.2 Å². The zero-order chi connectivity index (χ0) is 20.8. The molecular formula is C22H20N4O3S. The van der Waals surface area contributed by atoms with E-state index in [1.165, 1.54) is 11.8 Å². The quantitative estimate of drug-likeness (QED) is 0.435. The third-order valence-electron chi connectivity index (χ3n) is 4.37. The number of para-hydroxylation sites is 2. The van der Waals surface area contributed by atoms with Crippen LogP contribution in [0.1, 0.15) is 5.56 Å². The molecule has 30 heavy (non-hydrogen) atoms. The van der Waals surface area contributed by atoms with Gasteiger partial charge < -0.3 is 14.5 Å². The van der Waals surface area contributed by atoms with Crippen molar-refractivity contribution in [2.24, 2.45) is 0 Å². The third-order valence-corrected chi connectivity index (χ3v) is 5.29. The van der Waals surface area contributed by atoms with Crippen molar-refractivity contribution in [3.05, 3.63) is 78.6 Å². The van der Waals surface area contributed by atoms with Crippen LogP contribution in [-0.2, 0) is 11.3 Å². The Bertz CT molecular complexity index is 1110. The van der Waals surface area contributed by atoms with Gasteiger partial charge in [-0.1, -0.05) is 54.2 Å². The van der Waals surface area contributed by atoms with Crippen molar-refractivity contribution < 1.29 is 13.9 Å². The first-order chi connectivity index (χ1) is 14.8. The van der Waals surface area contributed by atoms with Crippen molar-refractivity contribution in [3.8, 4) is 23.0 Å². The number of aromatic nitrogens is 3. The molecule has 0 aliphatic heterocycles. The molecule has 0 saturated heterocycles. The fourth-order valence-electron chi connectivity index (χ4n) is 2.94. The number of rotatable bonds is 8. The third kappa shape index (κ3) is 4.38. The lowest BCUT2D eigenvalue weighted by atomic mass is 10.2. The van der Waals surface area contributed by atoms with E-state index in [0.29, 0.717) is 29.0 Å². The zero-order valence-corrected chi connectivity index (χ0v) is 17.1. The smallest absolute Gasteiger partial charge is 0.230 e. The highest BCUT2D eigenvalue weighted by atomic mass is 32.2. The molecule has 4 aromatic rings. The van der Waals surface area contributed by atoms with E-state index in [2.05, 4.69) is 15.5 Å². The topological polar surface area (TPSA) is 82.2 Å². The molecule has 2 heterocycles. The number of amides is 1. The minimum atomic E-state index is -0.0852. The average Bonchev–Trinajstić information content (AvgIpc) is 3.46. The summed E-state index contributed by atoms with van der Waals surface area (Å²) in [6, 6.07) is 21.0. The van der Waals surface area contributed by atoms with Crippen molar-refractivity contribution in [1.82, 2.24) is 20.1 Å². The molecule has 0 aliphatic rings. The molecular weight excluding hydrogens is 400 g/mol. The number of furan rings is 1. The Hall–Kier alpha value is -3.52. The van der Waals surface area contributed by atoms with E-state index < -0.39 is 0 Å². The first-order valence-corrected chi connectivity index (χ1v) is 10.3. The molecule has 0 aliphatic carbocycles. The van der Waals surface area contributed by atoms with Gasteiger partial charge >= 0.3 is 0 Å². The van der Waals surface area contributed by atoms with Crippen LogP contribution in [0, 0.1) is 0 Å². The van der Waals surface area contributed by atoms with Crippen LogP contribution in [-0.4, -0.2) is 33.5 Å². The van der Waals surface area contributed by atoms with Gasteiger partial charge in [-0.25, -0.2) is 0 Å². The maximum absolute atomic E-state index is 12.4. The Morgan fingerprint density at radius 2 is 1.87 bits per heavy atom. The molecule has 0 atom stereocenters. The van der Waals surface area contributed by atoms with Gasteiger partial charge in [0.05, 0.1) is 24.8 Å². The highest BCUT2D eigenvalue weighted by molar-refractivity contribution is 7.99. The van der Waals surface area contributed by atoms with E-state index in [4.69, 9.17) is 9.15 Å². The number of thioether (sulfide) groups is 1. The summed E-state index contributed by atoms with van der Waals surface area (Å²) in [6.07, 6.45) is 1.58. The van der Waals surface area contributed by atoms with E-state index in [1.54, 1.807) is 19.4 Å². The molecule has 0 bridgehead atoms. The molecule has 2 aromatic carbocycles. The van der Waals surface area contributed by atoms with Crippen LogP contribution in [0.4, 0.5) is 0 Å². The van der Waals surface area contributed by atoms with Crippen molar-refractivity contribution in [3.63, 3.8) is 0 Å². The number of nitrogens with one attached hydrogen (secondary N) is 1. The summed E-state index contributed by atoms with van der Waals surface area (Å²) in [4.78, 5) is 12.4. The number of carbonyl (C=O) groups excluding carboxylic acids is 1. The fraction of sp³-hybridized carbons (Fsp3) is 0.136. The first kappa shape index (κ1) is 19.8. The summed E-state index contributed by atoms with van der Waals surface area (Å²) in [5.74, 6) is 1.90. The largest absolute Gasteiger partial charge is 0.495 e. The molecule has 4 rings (SSSR count).